The molecule has 5 nitrogen and oxygen atoms in total. The predicted octanol–water partition coefficient (Wildman–Crippen LogP) is 3.80. The van der Waals surface area contributed by atoms with Crippen molar-refractivity contribution in [2.24, 2.45) is 4.99 Å². The average molecular weight is 358 g/mol. The summed E-state index contributed by atoms with van der Waals surface area (Å²) >= 11 is 0. The Bertz CT molecular complexity index is 1010. The highest BCUT2D eigenvalue weighted by Gasteiger charge is 2.22. The zero-order valence-electron chi connectivity index (χ0n) is 14.9. The van der Waals surface area contributed by atoms with E-state index in [1.54, 1.807) is 30.6 Å². The monoisotopic (exact) mass is 358 g/mol. The molecule has 1 aliphatic heterocycles. The molecule has 0 atom stereocenters. The normalized spacial score (nSPS) is 13.9. The summed E-state index contributed by atoms with van der Waals surface area (Å²) in [7, 11) is 1.37. The van der Waals surface area contributed by atoms with E-state index in [0.717, 1.165) is 28.0 Å². The number of fused-ring (bicyclic) bond motifs is 2. The quantitative estimate of drug-likeness (QED) is 0.668. The van der Waals surface area contributed by atoms with Crippen molar-refractivity contribution in [1.82, 2.24) is 4.98 Å². The summed E-state index contributed by atoms with van der Waals surface area (Å²) in [5.41, 5.74) is 5.12. The molecule has 0 saturated heterocycles. The standard InChI is InChI=1S/C22H18N2O3/c1-26-22(25)16-8-9-20-19(11-16)21(24-13-15-5-4-10-23-12-15)18-7-3-2-6-17(18)14-27-20/h2-12H,13-14H2,1H3/b24-21+. The van der Waals surface area contributed by atoms with Gasteiger partial charge < -0.3 is 9.47 Å². The lowest BCUT2D eigenvalue weighted by Crippen LogP contribution is -2.08. The second kappa shape index (κ2) is 7.41. The molecule has 0 bridgehead atoms. The number of benzene rings is 2. The average Bonchev–Trinajstić information content (AvgIpc) is 2.88. The molecule has 0 radical (unpaired) electrons. The van der Waals surface area contributed by atoms with Gasteiger partial charge in [-0.1, -0.05) is 30.3 Å². The largest absolute Gasteiger partial charge is 0.488 e. The van der Waals surface area contributed by atoms with E-state index in [9.17, 15) is 4.79 Å². The topological polar surface area (TPSA) is 60.8 Å². The first kappa shape index (κ1) is 17.0. The van der Waals surface area contributed by atoms with Gasteiger partial charge in [0, 0.05) is 23.5 Å². The molecule has 2 heterocycles. The zero-order chi connectivity index (χ0) is 18.6. The van der Waals surface area contributed by atoms with E-state index in [1.807, 2.05) is 36.4 Å². The number of aromatic nitrogens is 1. The van der Waals surface area contributed by atoms with E-state index >= 15 is 0 Å². The Kier molecular flexibility index (Phi) is 4.66. The van der Waals surface area contributed by atoms with Gasteiger partial charge in [-0.25, -0.2) is 4.79 Å². The number of methoxy groups -OCH3 is 1. The number of hydrogen-bond acceptors (Lipinski definition) is 5. The SMILES string of the molecule is COC(=O)c1ccc2c(c1)/C(=N/Cc1cccnc1)c1ccccc1CO2. The maximum atomic E-state index is 12.0. The molecule has 0 saturated carbocycles. The molecule has 1 aromatic heterocycles. The molecular weight excluding hydrogens is 340 g/mol. The molecule has 3 aromatic rings. The van der Waals surface area contributed by atoms with Crippen molar-refractivity contribution >= 4 is 11.7 Å². The maximum absolute atomic E-state index is 12.0. The lowest BCUT2D eigenvalue weighted by atomic mass is 9.96. The van der Waals surface area contributed by atoms with Crippen LogP contribution in [0.15, 0.2) is 72.0 Å². The van der Waals surface area contributed by atoms with Gasteiger partial charge in [-0.2, -0.15) is 0 Å². The van der Waals surface area contributed by atoms with Gasteiger partial charge in [0.15, 0.2) is 0 Å². The molecule has 0 amide bonds. The van der Waals surface area contributed by atoms with Crippen LogP contribution in [0.25, 0.3) is 0 Å². The third kappa shape index (κ3) is 3.44. The first-order chi connectivity index (χ1) is 13.3. The number of ether oxygens (including phenoxy) is 2. The summed E-state index contributed by atoms with van der Waals surface area (Å²) < 4.78 is 10.8. The number of esters is 1. The second-order valence-corrected chi connectivity index (χ2v) is 6.17. The number of aliphatic imine (C=N–C) groups is 1. The molecule has 1 aliphatic rings. The fourth-order valence-corrected chi connectivity index (χ4v) is 3.10. The van der Waals surface area contributed by atoms with Crippen LogP contribution in [0.1, 0.15) is 32.6 Å². The molecule has 27 heavy (non-hydrogen) atoms. The van der Waals surface area contributed by atoms with Crippen LogP contribution in [-0.2, 0) is 17.9 Å². The number of carbonyl (C=O) groups excluding carboxylic acids is 1. The zero-order valence-corrected chi connectivity index (χ0v) is 14.9. The Labute approximate surface area is 157 Å². The lowest BCUT2D eigenvalue weighted by Gasteiger charge is -2.11. The van der Waals surface area contributed by atoms with Crippen molar-refractivity contribution in [3.63, 3.8) is 0 Å². The number of nitrogens with zero attached hydrogens (tertiary/aromatic N) is 2. The molecule has 0 N–H and O–H groups in total. The van der Waals surface area contributed by atoms with Crippen molar-refractivity contribution in [2.75, 3.05) is 7.11 Å². The van der Waals surface area contributed by atoms with Crippen LogP contribution >= 0.6 is 0 Å². The molecular formula is C22H18N2O3. The van der Waals surface area contributed by atoms with Gasteiger partial charge >= 0.3 is 5.97 Å². The van der Waals surface area contributed by atoms with Crippen molar-refractivity contribution in [1.29, 1.82) is 0 Å². The van der Waals surface area contributed by atoms with Crippen LogP contribution in [0.5, 0.6) is 5.75 Å². The fraction of sp³-hybridized carbons (Fsp3) is 0.136. The number of pyridine rings is 1. The van der Waals surface area contributed by atoms with Gasteiger partial charge in [-0.3, -0.25) is 9.98 Å². The van der Waals surface area contributed by atoms with Gasteiger partial charge in [0.1, 0.15) is 12.4 Å². The first-order valence-corrected chi connectivity index (χ1v) is 8.63. The van der Waals surface area contributed by atoms with Crippen molar-refractivity contribution in [2.45, 2.75) is 13.2 Å². The summed E-state index contributed by atoms with van der Waals surface area (Å²) in [6.45, 7) is 0.937. The van der Waals surface area contributed by atoms with E-state index < -0.39 is 0 Å². The smallest absolute Gasteiger partial charge is 0.337 e. The Balaban J connectivity index is 1.85. The minimum absolute atomic E-state index is 0.387. The molecule has 134 valence electrons. The van der Waals surface area contributed by atoms with Gasteiger partial charge in [0.25, 0.3) is 0 Å². The molecule has 2 aromatic carbocycles. The highest BCUT2D eigenvalue weighted by Crippen LogP contribution is 2.30. The molecule has 0 fully saturated rings. The molecule has 0 spiro atoms. The van der Waals surface area contributed by atoms with E-state index in [-0.39, 0.29) is 5.97 Å². The van der Waals surface area contributed by atoms with E-state index in [4.69, 9.17) is 14.5 Å². The summed E-state index contributed by atoms with van der Waals surface area (Å²) in [4.78, 5) is 21.0. The van der Waals surface area contributed by atoms with Crippen molar-refractivity contribution in [3.05, 3.63) is 94.8 Å². The third-order valence-electron chi connectivity index (χ3n) is 4.45. The predicted molar refractivity (Wildman–Crippen MR) is 102 cm³/mol. The van der Waals surface area contributed by atoms with Gasteiger partial charge in [0.05, 0.1) is 24.9 Å². The molecule has 4 rings (SSSR count). The van der Waals surface area contributed by atoms with Crippen LogP contribution in [-0.4, -0.2) is 23.8 Å². The summed E-state index contributed by atoms with van der Waals surface area (Å²) in [5.74, 6) is 0.311. The number of carbonyl (C=O) groups is 1. The Hall–Kier alpha value is -3.47. The minimum atomic E-state index is -0.387. The Morgan fingerprint density at radius 2 is 2.04 bits per heavy atom. The fourth-order valence-electron chi connectivity index (χ4n) is 3.10. The van der Waals surface area contributed by atoms with Crippen LogP contribution in [0.4, 0.5) is 0 Å². The molecule has 5 heteroatoms. The van der Waals surface area contributed by atoms with Crippen molar-refractivity contribution in [3.8, 4) is 5.75 Å². The van der Waals surface area contributed by atoms with Gasteiger partial charge in [-0.05, 0) is 35.4 Å². The van der Waals surface area contributed by atoms with Crippen LogP contribution < -0.4 is 4.74 Å². The van der Waals surface area contributed by atoms with Crippen LogP contribution in [0, 0.1) is 0 Å². The third-order valence-corrected chi connectivity index (χ3v) is 4.45. The van der Waals surface area contributed by atoms with Gasteiger partial charge in [-0.15, -0.1) is 0 Å². The Morgan fingerprint density at radius 3 is 2.85 bits per heavy atom. The molecule has 0 aliphatic carbocycles. The number of hydrogen-bond donors (Lipinski definition) is 0. The molecule has 0 unspecified atom stereocenters. The second-order valence-electron chi connectivity index (χ2n) is 6.17. The van der Waals surface area contributed by atoms with Gasteiger partial charge in [0.2, 0.25) is 0 Å². The summed E-state index contributed by atoms with van der Waals surface area (Å²) in [6.07, 6.45) is 3.54. The maximum Gasteiger partial charge on any atom is 0.337 e. The van der Waals surface area contributed by atoms with E-state index in [2.05, 4.69) is 4.98 Å². The van der Waals surface area contributed by atoms with Crippen molar-refractivity contribution < 1.29 is 14.3 Å². The highest BCUT2D eigenvalue weighted by molar-refractivity contribution is 6.16. The summed E-state index contributed by atoms with van der Waals surface area (Å²) in [5, 5.41) is 0. The first-order valence-electron chi connectivity index (χ1n) is 8.63. The van der Waals surface area contributed by atoms with E-state index in [0.29, 0.717) is 24.5 Å². The van der Waals surface area contributed by atoms with Crippen LogP contribution in [0.3, 0.4) is 0 Å². The number of rotatable bonds is 3. The van der Waals surface area contributed by atoms with Crippen LogP contribution in [0.2, 0.25) is 0 Å². The lowest BCUT2D eigenvalue weighted by molar-refractivity contribution is 0.0600. The van der Waals surface area contributed by atoms with E-state index in [1.165, 1.54) is 7.11 Å². The summed E-state index contributed by atoms with van der Waals surface area (Å²) in [6, 6.07) is 17.2. The minimum Gasteiger partial charge on any atom is -0.488 e. The Morgan fingerprint density at radius 1 is 1.15 bits per heavy atom. The highest BCUT2D eigenvalue weighted by atomic mass is 16.5.